The molecule has 16 heavy (non-hydrogen) atoms. The summed E-state index contributed by atoms with van der Waals surface area (Å²) in [4.78, 5) is 1.94. The summed E-state index contributed by atoms with van der Waals surface area (Å²) in [6, 6.07) is 5.12. The molecule has 1 heterocycles. The Labute approximate surface area is 95.0 Å². The minimum atomic E-state index is -0.256. The molecule has 0 radical (unpaired) electrons. The van der Waals surface area contributed by atoms with E-state index in [2.05, 4.69) is 0 Å². The van der Waals surface area contributed by atoms with Crippen molar-refractivity contribution in [2.24, 2.45) is 0 Å². The van der Waals surface area contributed by atoms with Crippen molar-refractivity contribution in [2.45, 2.75) is 18.9 Å². The topological polar surface area (TPSA) is 38.5 Å². The summed E-state index contributed by atoms with van der Waals surface area (Å²) in [5.41, 5.74) is 6.82. The smallest absolute Gasteiger partial charge is 0.148 e. The standard InChI is InChI=1S/C12H17FN2O/c1-15(9-5-7-16-8-6-9)12-10(13)3-2-4-11(12)14/h2-4,9H,5-8,14H2,1H3. The monoisotopic (exact) mass is 224 g/mol. The van der Waals surface area contributed by atoms with Crippen LogP contribution in [0.1, 0.15) is 12.8 Å². The SMILES string of the molecule is CN(c1c(N)cccc1F)C1CCOCC1. The van der Waals surface area contributed by atoms with Gasteiger partial charge >= 0.3 is 0 Å². The fourth-order valence-electron chi connectivity index (χ4n) is 2.16. The minimum Gasteiger partial charge on any atom is -0.397 e. The van der Waals surface area contributed by atoms with Gasteiger partial charge in [0.1, 0.15) is 5.82 Å². The molecule has 2 N–H and O–H groups in total. The highest BCUT2D eigenvalue weighted by molar-refractivity contribution is 5.68. The van der Waals surface area contributed by atoms with Crippen LogP contribution in [0.15, 0.2) is 18.2 Å². The molecule has 1 saturated heterocycles. The van der Waals surface area contributed by atoms with E-state index in [0.29, 0.717) is 17.4 Å². The Morgan fingerprint density at radius 3 is 2.69 bits per heavy atom. The lowest BCUT2D eigenvalue weighted by Crippen LogP contribution is -2.37. The van der Waals surface area contributed by atoms with Crippen molar-refractivity contribution in [1.29, 1.82) is 0 Å². The van der Waals surface area contributed by atoms with Crippen LogP contribution in [0, 0.1) is 5.82 Å². The van der Waals surface area contributed by atoms with E-state index in [9.17, 15) is 4.39 Å². The van der Waals surface area contributed by atoms with Crippen molar-refractivity contribution in [1.82, 2.24) is 0 Å². The fraction of sp³-hybridized carbons (Fsp3) is 0.500. The van der Waals surface area contributed by atoms with Gasteiger partial charge in [-0.1, -0.05) is 6.07 Å². The third kappa shape index (κ3) is 2.11. The normalized spacial score (nSPS) is 17.4. The number of nitrogens with two attached hydrogens (primary N) is 1. The quantitative estimate of drug-likeness (QED) is 0.781. The number of halogens is 1. The Morgan fingerprint density at radius 2 is 2.06 bits per heavy atom. The Balaban J connectivity index is 2.22. The van der Waals surface area contributed by atoms with Crippen molar-refractivity contribution in [3.05, 3.63) is 24.0 Å². The minimum absolute atomic E-state index is 0.256. The van der Waals surface area contributed by atoms with Gasteiger partial charge in [0, 0.05) is 26.3 Å². The van der Waals surface area contributed by atoms with Gasteiger partial charge in [0.05, 0.1) is 11.4 Å². The van der Waals surface area contributed by atoms with Crippen LogP contribution in [0.3, 0.4) is 0 Å². The number of rotatable bonds is 2. The first-order valence-electron chi connectivity index (χ1n) is 5.54. The summed E-state index contributed by atoms with van der Waals surface area (Å²) in [5, 5.41) is 0. The number of hydrogen-bond donors (Lipinski definition) is 1. The third-order valence-electron chi connectivity index (χ3n) is 3.11. The van der Waals surface area contributed by atoms with Crippen molar-refractivity contribution in [3.8, 4) is 0 Å². The highest BCUT2D eigenvalue weighted by atomic mass is 19.1. The molecule has 1 aromatic rings. The second-order valence-electron chi connectivity index (χ2n) is 4.13. The average Bonchev–Trinajstić information content (AvgIpc) is 2.30. The first kappa shape index (κ1) is 11.2. The maximum atomic E-state index is 13.7. The first-order valence-corrected chi connectivity index (χ1v) is 5.54. The van der Waals surface area contributed by atoms with Gasteiger partial charge in [-0.25, -0.2) is 4.39 Å². The molecule has 0 spiro atoms. The van der Waals surface area contributed by atoms with Crippen molar-refractivity contribution in [3.63, 3.8) is 0 Å². The predicted octanol–water partition coefficient (Wildman–Crippen LogP) is 2.02. The molecule has 1 aromatic carbocycles. The zero-order valence-corrected chi connectivity index (χ0v) is 9.45. The zero-order chi connectivity index (χ0) is 11.5. The van der Waals surface area contributed by atoms with E-state index in [1.165, 1.54) is 6.07 Å². The summed E-state index contributed by atoms with van der Waals surface area (Å²) < 4.78 is 19.0. The number of nitrogen functional groups attached to an aromatic ring is 1. The molecule has 0 bridgehead atoms. The summed E-state index contributed by atoms with van der Waals surface area (Å²) in [6.45, 7) is 1.48. The Bertz CT molecular complexity index is 344. The van der Waals surface area contributed by atoms with Gasteiger partial charge in [0.15, 0.2) is 0 Å². The number of hydrogen-bond acceptors (Lipinski definition) is 3. The second-order valence-corrected chi connectivity index (χ2v) is 4.13. The van der Waals surface area contributed by atoms with E-state index in [-0.39, 0.29) is 5.82 Å². The maximum Gasteiger partial charge on any atom is 0.148 e. The highest BCUT2D eigenvalue weighted by Gasteiger charge is 2.22. The first-order chi connectivity index (χ1) is 7.70. The van der Waals surface area contributed by atoms with Gasteiger partial charge in [0.25, 0.3) is 0 Å². The van der Waals surface area contributed by atoms with Crippen LogP contribution in [0.2, 0.25) is 0 Å². The number of ether oxygens (including phenoxy) is 1. The van der Waals surface area contributed by atoms with E-state index in [1.54, 1.807) is 12.1 Å². The summed E-state index contributed by atoms with van der Waals surface area (Å²) >= 11 is 0. The molecular formula is C12H17FN2O. The largest absolute Gasteiger partial charge is 0.397 e. The van der Waals surface area contributed by atoms with Crippen LogP contribution >= 0.6 is 0 Å². The highest BCUT2D eigenvalue weighted by Crippen LogP contribution is 2.29. The molecular weight excluding hydrogens is 207 g/mol. The maximum absolute atomic E-state index is 13.7. The van der Waals surface area contributed by atoms with Gasteiger partial charge in [-0.15, -0.1) is 0 Å². The third-order valence-corrected chi connectivity index (χ3v) is 3.11. The molecule has 2 rings (SSSR count). The molecule has 0 unspecified atom stereocenters. The molecule has 0 aromatic heterocycles. The number of benzene rings is 1. The molecule has 0 aliphatic carbocycles. The molecule has 0 amide bonds. The molecule has 1 aliphatic rings. The van der Waals surface area contributed by atoms with Crippen molar-refractivity contribution >= 4 is 11.4 Å². The van der Waals surface area contributed by atoms with Crippen LogP contribution < -0.4 is 10.6 Å². The number of anilines is 2. The Morgan fingerprint density at radius 1 is 1.38 bits per heavy atom. The van der Waals surface area contributed by atoms with Crippen LogP contribution in [-0.4, -0.2) is 26.3 Å². The Hall–Kier alpha value is -1.29. The molecule has 0 atom stereocenters. The van der Waals surface area contributed by atoms with E-state index in [4.69, 9.17) is 10.5 Å². The zero-order valence-electron chi connectivity index (χ0n) is 9.45. The predicted molar refractivity (Wildman–Crippen MR) is 63.1 cm³/mol. The molecule has 0 saturated carbocycles. The molecule has 1 aliphatic heterocycles. The summed E-state index contributed by atoms with van der Waals surface area (Å²) in [7, 11) is 1.89. The van der Waals surface area contributed by atoms with Gasteiger partial charge < -0.3 is 15.4 Å². The van der Waals surface area contributed by atoms with Crippen LogP contribution in [0.4, 0.5) is 15.8 Å². The van der Waals surface area contributed by atoms with Gasteiger partial charge in [-0.2, -0.15) is 0 Å². The van der Waals surface area contributed by atoms with E-state index < -0.39 is 0 Å². The van der Waals surface area contributed by atoms with Crippen molar-refractivity contribution < 1.29 is 9.13 Å². The molecule has 4 heteroatoms. The van der Waals surface area contributed by atoms with E-state index in [0.717, 1.165) is 26.1 Å². The van der Waals surface area contributed by atoms with Crippen LogP contribution in [0.5, 0.6) is 0 Å². The summed E-state index contributed by atoms with van der Waals surface area (Å²) in [6.07, 6.45) is 1.84. The van der Waals surface area contributed by atoms with Gasteiger partial charge in [0.2, 0.25) is 0 Å². The fourth-order valence-corrected chi connectivity index (χ4v) is 2.16. The van der Waals surface area contributed by atoms with Gasteiger partial charge in [-0.05, 0) is 25.0 Å². The van der Waals surface area contributed by atoms with E-state index in [1.807, 2.05) is 11.9 Å². The van der Waals surface area contributed by atoms with E-state index >= 15 is 0 Å². The summed E-state index contributed by atoms with van der Waals surface area (Å²) in [5.74, 6) is -0.256. The molecule has 1 fully saturated rings. The molecule has 3 nitrogen and oxygen atoms in total. The second kappa shape index (κ2) is 4.70. The Kier molecular flexibility index (Phi) is 3.29. The van der Waals surface area contributed by atoms with Crippen LogP contribution in [-0.2, 0) is 4.74 Å². The number of para-hydroxylation sites is 1. The number of nitrogens with zero attached hydrogens (tertiary/aromatic N) is 1. The lowest BCUT2D eigenvalue weighted by molar-refractivity contribution is 0.0854. The lowest BCUT2D eigenvalue weighted by Gasteiger charge is -2.33. The van der Waals surface area contributed by atoms with Crippen molar-refractivity contribution in [2.75, 3.05) is 30.9 Å². The van der Waals surface area contributed by atoms with Crippen LogP contribution in [0.25, 0.3) is 0 Å². The average molecular weight is 224 g/mol. The molecule has 88 valence electrons. The lowest BCUT2D eigenvalue weighted by atomic mass is 10.1. The van der Waals surface area contributed by atoms with Gasteiger partial charge in [-0.3, -0.25) is 0 Å².